The summed E-state index contributed by atoms with van der Waals surface area (Å²) in [5.74, 6) is -3.18. The Morgan fingerprint density at radius 2 is 1.16 bits per heavy atom. The summed E-state index contributed by atoms with van der Waals surface area (Å²) in [7, 11) is 0. The van der Waals surface area contributed by atoms with Crippen LogP contribution in [0.4, 0.5) is 40.3 Å². The first-order valence-electron chi connectivity index (χ1n) is 16.8. The van der Waals surface area contributed by atoms with E-state index in [1.807, 2.05) is 6.07 Å². The molecule has 0 amide bonds. The molecule has 28 heteroatoms. The van der Waals surface area contributed by atoms with Gasteiger partial charge in [-0.1, -0.05) is 12.1 Å². The first-order valence-corrected chi connectivity index (χ1v) is 16.8. The molecule has 312 valence electrons. The summed E-state index contributed by atoms with van der Waals surface area (Å²) in [5, 5.41) is 72.9. The van der Waals surface area contributed by atoms with Gasteiger partial charge in [0.1, 0.15) is 11.6 Å². The number of carbonyl (C=O) groups is 2. The van der Waals surface area contributed by atoms with E-state index in [1.165, 1.54) is 58.2 Å². The molecule has 5 heterocycles. The van der Waals surface area contributed by atoms with E-state index in [2.05, 4.69) is 60.6 Å². The Morgan fingerprint density at radius 1 is 0.714 bits per heavy atom. The van der Waals surface area contributed by atoms with Crippen molar-refractivity contribution in [3.63, 3.8) is 0 Å². The van der Waals surface area contributed by atoms with Gasteiger partial charge in [-0.05, 0) is 50.2 Å². The van der Waals surface area contributed by atoms with Gasteiger partial charge in [-0.3, -0.25) is 0 Å². The monoisotopic (exact) mass is 853 g/mol. The van der Waals surface area contributed by atoms with Gasteiger partial charge in [-0.25, -0.2) is 23.8 Å². The molecule has 0 saturated carbocycles. The Kier molecular flexibility index (Phi) is 13.1. The number of carboxylic acid groups (broad SMARTS) is 2. The summed E-state index contributed by atoms with van der Waals surface area (Å²) in [6.45, 7) is 10.7. The van der Waals surface area contributed by atoms with Crippen molar-refractivity contribution in [3.05, 3.63) is 100 Å². The van der Waals surface area contributed by atoms with Crippen LogP contribution >= 0.6 is 0 Å². The number of carboxylic acids is 2. The number of nitriles is 1. The topological polar surface area (TPSA) is 403 Å². The third-order valence-electron chi connectivity index (χ3n) is 7.98. The second-order valence-corrected chi connectivity index (χ2v) is 11.8. The average molecular weight is 854 g/mol. The fraction of sp³-hybridized carbons (Fsp3) is 0.0571. The number of azo groups is 2. The number of anilines is 2. The molecule has 0 aliphatic carbocycles. The Bertz CT molecular complexity index is 2930. The van der Waals surface area contributed by atoms with Gasteiger partial charge in [0.15, 0.2) is 34.6 Å². The van der Waals surface area contributed by atoms with Gasteiger partial charge < -0.3 is 26.8 Å². The summed E-state index contributed by atoms with van der Waals surface area (Å²) in [4.78, 5) is 71.2. The van der Waals surface area contributed by atoms with Crippen LogP contribution in [-0.4, -0.2) is 93.6 Å². The quantitative estimate of drug-likeness (QED) is 0.0969. The number of benzene rings is 2. The Morgan fingerprint density at radius 3 is 1.60 bits per heavy atom. The lowest BCUT2D eigenvalue weighted by molar-refractivity contribution is -0.193. The van der Waals surface area contributed by atoms with Crippen molar-refractivity contribution in [1.82, 2.24) is 54.1 Å². The van der Waals surface area contributed by atoms with Crippen LogP contribution in [0.2, 0.25) is 0 Å². The number of rotatable bonds is 10. The number of hydrogen-bond acceptors (Lipinski definition) is 21. The minimum Gasteiger partial charge on any atom is -0.479 e. The van der Waals surface area contributed by atoms with E-state index in [9.17, 15) is 30.2 Å². The highest BCUT2D eigenvalue weighted by atomic mass is 16.4. The van der Waals surface area contributed by atoms with Crippen LogP contribution in [0.3, 0.4) is 0 Å². The Labute approximate surface area is 349 Å². The first-order chi connectivity index (χ1) is 30.2. The van der Waals surface area contributed by atoms with Gasteiger partial charge in [0, 0.05) is 0 Å². The summed E-state index contributed by atoms with van der Waals surface area (Å²) < 4.78 is 4.59. The van der Waals surface area contributed by atoms with Gasteiger partial charge in [-0.15, -0.1) is 20.5 Å². The molecule has 0 bridgehead atoms. The predicted octanol–water partition coefficient (Wildman–Crippen LogP) is 3.58. The molecule has 0 atom stereocenters. The molecule has 0 aliphatic rings. The molecule has 28 nitrogen and oxygen atoms in total. The number of aromatic nitrogens is 11. The highest BCUT2D eigenvalue weighted by molar-refractivity contribution is 5.89. The molecule has 0 radical (unpaired) electrons. The van der Waals surface area contributed by atoms with Crippen LogP contribution in [0.25, 0.3) is 28.1 Å². The van der Waals surface area contributed by atoms with E-state index in [-0.39, 0.29) is 92.6 Å². The van der Waals surface area contributed by atoms with Crippen molar-refractivity contribution >= 4 is 64.6 Å². The predicted molar refractivity (Wildman–Crippen MR) is 204 cm³/mol. The maximum Gasteiger partial charge on any atom is 0.373 e. The van der Waals surface area contributed by atoms with Crippen LogP contribution in [0.15, 0.2) is 81.4 Å². The highest BCUT2D eigenvalue weighted by Gasteiger charge is 2.23. The molecule has 0 spiro atoms. The zero-order valence-electron chi connectivity index (χ0n) is 31.8. The molecule has 2 aromatic carbocycles. The summed E-state index contributed by atoms with van der Waals surface area (Å²) >= 11 is 0. The van der Waals surface area contributed by atoms with Gasteiger partial charge >= 0.3 is 30.3 Å². The molecule has 0 unspecified atom stereocenters. The first kappa shape index (κ1) is 43.7. The smallest absolute Gasteiger partial charge is 0.373 e. The number of nitrogen functional groups attached to an aromatic ring is 2. The number of nitrogens with two attached hydrogens (primary N) is 2. The van der Waals surface area contributed by atoms with Gasteiger partial charge in [-0.2, -0.15) is 69.2 Å². The number of aromatic carboxylic acids is 2. The maximum absolute atomic E-state index is 11.5. The van der Waals surface area contributed by atoms with Crippen molar-refractivity contribution in [2.24, 2.45) is 20.5 Å². The number of aromatic hydroxyl groups is 1. The number of carbonyl (C=O) groups excluding carboxylic acids is 4. The van der Waals surface area contributed by atoms with Gasteiger partial charge in [0.2, 0.25) is 0 Å². The van der Waals surface area contributed by atoms with E-state index in [4.69, 9.17) is 37.2 Å². The number of hydrogen-bond donors (Lipinski definition) is 5. The minimum atomic E-state index is -1.16. The van der Waals surface area contributed by atoms with E-state index < -0.39 is 17.9 Å². The molecule has 7 N–H and O–H groups in total. The second-order valence-electron chi connectivity index (χ2n) is 11.8. The molecule has 7 rings (SSSR count). The van der Waals surface area contributed by atoms with Crippen LogP contribution in [0.1, 0.15) is 37.7 Å². The fourth-order valence-corrected chi connectivity index (χ4v) is 5.30. The second kappa shape index (κ2) is 18.9. The lowest BCUT2D eigenvalue weighted by atomic mass is 10.2. The van der Waals surface area contributed by atoms with E-state index in [0.717, 1.165) is 9.36 Å². The molecular weight excluding hydrogens is 831 g/mol. The van der Waals surface area contributed by atoms with Crippen LogP contribution < -0.4 is 11.5 Å². The standard InChI is InChI=1S/C33H23N19O5.2CO2/c1-15-23(43-45-27-19(12-34)13-38-49(27)20-8-4-6-17(10-20)29(53)54)25(35)51(47-15)31-40-32(42-33(57)41-31)52-26(36)24(16(2)48-52)44-46-28-22(37-3)14-39-50(28)21-9-5-7-18(11-21)30(55)56;2*2-1-3/h4-11,13-14H,35-36H2,1-2H3,(H,53,54)(H,55,56)(H,40,41,42,57);;. The van der Waals surface area contributed by atoms with Crippen molar-refractivity contribution in [1.29, 1.82) is 5.26 Å². The van der Waals surface area contributed by atoms with Crippen molar-refractivity contribution < 1.29 is 44.1 Å². The zero-order chi connectivity index (χ0) is 46.0. The minimum absolute atomic E-state index is 0.00981. The van der Waals surface area contributed by atoms with E-state index in [1.54, 1.807) is 26.0 Å². The lowest BCUT2D eigenvalue weighted by Gasteiger charge is -2.07. The highest BCUT2D eigenvalue weighted by Crippen LogP contribution is 2.36. The number of nitrogens with zero attached hydrogens (tertiary/aromatic N) is 17. The van der Waals surface area contributed by atoms with E-state index in [0.29, 0.717) is 11.4 Å². The molecular formula is C35H23N19O9. The summed E-state index contributed by atoms with van der Waals surface area (Å²) in [5.41, 5.74) is 14.0. The Hall–Kier alpha value is -10.4. The van der Waals surface area contributed by atoms with E-state index >= 15 is 0 Å². The fourth-order valence-electron chi connectivity index (χ4n) is 5.30. The van der Waals surface area contributed by atoms with Gasteiger partial charge in [0.25, 0.3) is 17.6 Å². The molecule has 7 aromatic rings. The molecule has 63 heavy (non-hydrogen) atoms. The van der Waals surface area contributed by atoms with Crippen molar-refractivity contribution in [3.8, 4) is 35.4 Å². The van der Waals surface area contributed by atoms with Crippen LogP contribution in [0.5, 0.6) is 6.01 Å². The van der Waals surface area contributed by atoms with Gasteiger partial charge in [0.05, 0.1) is 52.9 Å². The summed E-state index contributed by atoms with van der Waals surface area (Å²) in [6.07, 6.45) is 3.00. The number of aryl methyl sites for hydroxylation is 2. The maximum atomic E-state index is 11.5. The van der Waals surface area contributed by atoms with Crippen molar-refractivity contribution in [2.75, 3.05) is 11.5 Å². The molecule has 0 aliphatic heterocycles. The van der Waals surface area contributed by atoms with Crippen LogP contribution in [0, 0.1) is 31.8 Å². The normalized spacial score (nSPS) is 10.5. The third kappa shape index (κ3) is 9.17. The third-order valence-corrected chi connectivity index (χ3v) is 7.98. The Balaban J connectivity index is 0.00000118. The SMILES string of the molecule is O=C=O.O=C=O.[C-]#[N+]c1cnn(-c2cccc(C(=O)O)c2)c1N=Nc1c(C)nn(-c2nc(O)nc(-n3nc(C)c(N=Nc4c(C#N)cnn4-c4cccc(C(=O)O)c4)c3N)n2)c1N. The largest absolute Gasteiger partial charge is 0.479 e. The molecule has 5 aromatic heterocycles. The average Bonchev–Trinajstić information content (AvgIpc) is 4.02. The van der Waals surface area contributed by atoms with Crippen LogP contribution in [-0.2, 0) is 19.2 Å². The molecule has 0 saturated heterocycles. The molecule has 0 fully saturated rings. The van der Waals surface area contributed by atoms with Crippen molar-refractivity contribution in [2.45, 2.75) is 13.8 Å². The zero-order valence-corrected chi connectivity index (χ0v) is 31.8. The lowest BCUT2D eigenvalue weighted by Crippen LogP contribution is -2.13. The summed E-state index contributed by atoms with van der Waals surface area (Å²) in [6, 6.07) is 12.9.